The third-order valence-corrected chi connectivity index (χ3v) is 4.85. The Kier molecular flexibility index (Phi) is 7.65. The number of carbonyl (C=O) groups is 2. The number of amides is 2. The molecule has 2 aromatic carbocycles. The van der Waals surface area contributed by atoms with E-state index in [2.05, 4.69) is 15.8 Å². The minimum absolute atomic E-state index is 0.106. The highest BCUT2D eigenvalue weighted by molar-refractivity contribution is 5.95. The van der Waals surface area contributed by atoms with Crippen LogP contribution in [0.1, 0.15) is 22.3 Å². The first-order valence-electron chi connectivity index (χ1n) is 10.1. The molecule has 0 aliphatic heterocycles. The van der Waals surface area contributed by atoms with Crippen molar-refractivity contribution in [3.8, 4) is 28.7 Å². The maximum absolute atomic E-state index is 13.0. The Bertz CT molecular complexity index is 1200. The minimum atomic E-state index is -4.60. The number of benzene rings is 2. The van der Waals surface area contributed by atoms with Gasteiger partial charge in [0, 0.05) is 29.3 Å². The van der Waals surface area contributed by atoms with Crippen molar-refractivity contribution in [2.24, 2.45) is 5.73 Å². The second kappa shape index (κ2) is 10.6. The van der Waals surface area contributed by atoms with Crippen molar-refractivity contribution in [1.82, 2.24) is 15.8 Å². The molecule has 0 saturated carbocycles. The van der Waals surface area contributed by atoms with Gasteiger partial charge in [-0.05, 0) is 17.7 Å². The number of aromatic nitrogens is 1. The fraction of sp³-hybridized carbons (Fsp3) is 0.217. The van der Waals surface area contributed by atoms with Gasteiger partial charge in [0.1, 0.15) is 18.3 Å². The Hall–Kier alpha value is -4.17. The van der Waals surface area contributed by atoms with Gasteiger partial charge >= 0.3 is 6.18 Å². The number of hydrogen-bond donors (Lipinski definition) is 3. The van der Waals surface area contributed by atoms with Crippen molar-refractivity contribution in [3.05, 3.63) is 65.7 Å². The number of nitrogens with one attached hydrogen (secondary N) is 2. The van der Waals surface area contributed by atoms with E-state index in [1.54, 1.807) is 54.6 Å². The quantitative estimate of drug-likeness (QED) is 0.411. The van der Waals surface area contributed by atoms with Gasteiger partial charge < -0.3 is 20.9 Å². The van der Waals surface area contributed by atoms with Crippen LogP contribution >= 0.6 is 0 Å². The van der Waals surface area contributed by atoms with Crippen molar-refractivity contribution in [2.45, 2.75) is 25.2 Å². The number of halogens is 3. The van der Waals surface area contributed by atoms with Crippen LogP contribution in [0.15, 0.2) is 59.1 Å². The standard InChI is InChI=1S/C23H20F3N5O3/c24-23(25,26)20(12-21(28)32)30-13-14-4-6-15(7-5-14)19-11-18(31-34-19)16-2-1-3-17(10-16)22(33)29-9-8-27/h1-7,10-11,20,30H,9,12-13H2,(H2,28,32)(H,29,33). The van der Waals surface area contributed by atoms with Gasteiger partial charge in [0.05, 0.1) is 12.5 Å². The van der Waals surface area contributed by atoms with Crippen LogP contribution in [0.2, 0.25) is 0 Å². The van der Waals surface area contributed by atoms with E-state index in [1.807, 2.05) is 6.07 Å². The average molecular weight is 471 g/mol. The third-order valence-electron chi connectivity index (χ3n) is 4.85. The van der Waals surface area contributed by atoms with Crippen molar-refractivity contribution in [2.75, 3.05) is 6.54 Å². The average Bonchev–Trinajstić information content (AvgIpc) is 3.30. The predicted molar refractivity (Wildman–Crippen MR) is 116 cm³/mol. The Morgan fingerprint density at radius 2 is 1.85 bits per heavy atom. The fourth-order valence-corrected chi connectivity index (χ4v) is 3.12. The van der Waals surface area contributed by atoms with E-state index in [9.17, 15) is 22.8 Å². The maximum atomic E-state index is 13.0. The van der Waals surface area contributed by atoms with Crippen LogP contribution in [0.4, 0.5) is 13.2 Å². The lowest BCUT2D eigenvalue weighted by Gasteiger charge is -2.20. The van der Waals surface area contributed by atoms with Crippen LogP contribution in [0.3, 0.4) is 0 Å². The second-order valence-corrected chi connectivity index (χ2v) is 7.34. The van der Waals surface area contributed by atoms with Gasteiger partial charge in [0.2, 0.25) is 5.91 Å². The van der Waals surface area contributed by atoms with Crippen LogP contribution in [-0.2, 0) is 11.3 Å². The first-order valence-corrected chi connectivity index (χ1v) is 10.1. The fourth-order valence-electron chi connectivity index (χ4n) is 3.12. The SMILES string of the molecule is N#CCNC(=O)c1cccc(-c2cc(-c3ccc(CNC(CC(N)=O)C(F)(F)F)cc3)on2)c1. The zero-order valence-electron chi connectivity index (χ0n) is 17.7. The summed E-state index contributed by atoms with van der Waals surface area (Å²) in [4.78, 5) is 23.0. The van der Waals surface area contributed by atoms with Gasteiger partial charge in [-0.25, -0.2) is 0 Å². The molecule has 0 radical (unpaired) electrons. The number of nitriles is 1. The van der Waals surface area contributed by atoms with E-state index in [0.717, 1.165) is 0 Å². The maximum Gasteiger partial charge on any atom is 0.404 e. The van der Waals surface area contributed by atoms with Crippen molar-refractivity contribution < 1.29 is 27.3 Å². The molecule has 4 N–H and O–H groups in total. The molecule has 0 fully saturated rings. The molecule has 1 aromatic heterocycles. The molecular formula is C23H20F3N5O3. The zero-order chi connectivity index (χ0) is 24.7. The molecule has 3 aromatic rings. The first kappa shape index (κ1) is 24.5. The number of alkyl halides is 3. The molecule has 8 nitrogen and oxygen atoms in total. The summed E-state index contributed by atoms with van der Waals surface area (Å²) >= 11 is 0. The van der Waals surface area contributed by atoms with E-state index < -0.39 is 24.5 Å². The van der Waals surface area contributed by atoms with Crippen LogP contribution in [0, 0.1) is 11.3 Å². The summed E-state index contributed by atoms with van der Waals surface area (Å²) in [5.74, 6) is -1.00. The molecule has 34 heavy (non-hydrogen) atoms. The van der Waals surface area contributed by atoms with E-state index in [-0.39, 0.29) is 19.0 Å². The van der Waals surface area contributed by atoms with Gasteiger partial charge in [-0.1, -0.05) is 41.6 Å². The number of rotatable bonds is 9. The summed E-state index contributed by atoms with van der Waals surface area (Å²) in [6.07, 6.45) is -5.44. The molecule has 3 rings (SSSR count). The second-order valence-electron chi connectivity index (χ2n) is 7.34. The molecular weight excluding hydrogens is 451 g/mol. The van der Waals surface area contributed by atoms with Gasteiger partial charge in [-0.2, -0.15) is 18.4 Å². The lowest BCUT2D eigenvalue weighted by molar-refractivity contribution is -0.161. The van der Waals surface area contributed by atoms with Crippen molar-refractivity contribution >= 4 is 11.8 Å². The molecule has 0 bridgehead atoms. The largest absolute Gasteiger partial charge is 0.404 e. The number of primary amides is 1. The van der Waals surface area contributed by atoms with E-state index in [4.69, 9.17) is 15.5 Å². The first-order chi connectivity index (χ1) is 16.2. The molecule has 1 heterocycles. The molecule has 0 aliphatic rings. The Morgan fingerprint density at radius 1 is 1.12 bits per heavy atom. The van der Waals surface area contributed by atoms with Crippen molar-refractivity contribution in [1.29, 1.82) is 5.26 Å². The summed E-state index contributed by atoms with van der Waals surface area (Å²) in [5, 5.41) is 17.4. The predicted octanol–water partition coefficient (Wildman–Crippen LogP) is 3.16. The zero-order valence-corrected chi connectivity index (χ0v) is 17.7. The Morgan fingerprint density at radius 3 is 2.50 bits per heavy atom. The summed E-state index contributed by atoms with van der Waals surface area (Å²) in [6, 6.07) is 14.7. The molecule has 1 atom stereocenters. The van der Waals surface area contributed by atoms with Gasteiger partial charge in [0.25, 0.3) is 5.91 Å². The number of carbonyl (C=O) groups excluding carboxylic acids is 2. The molecule has 0 aliphatic carbocycles. The highest BCUT2D eigenvalue weighted by Crippen LogP contribution is 2.27. The molecule has 1 unspecified atom stereocenters. The molecule has 0 spiro atoms. The van der Waals surface area contributed by atoms with Crippen LogP contribution < -0.4 is 16.4 Å². The topological polar surface area (TPSA) is 134 Å². The highest BCUT2D eigenvalue weighted by atomic mass is 19.4. The normalized spacial score (nSPS) is 12.1. The van der Waals surface area contributed by atoms with E-state index >= 15 is 0 Å². The highest BCUT2D eigenvalue weighted by Gasteiger charge is 2.40. The van der Waals surface area contributed by atoms with E-state index in [0.29, 0.717) is 33.7 Å². The smallest absolute Gasteiger partial charge is 0.370 e. The lowest BCUT2D eigenvalue weighted by Crippen LogP contribution is -2.44. The molecule has 0 saturated heterocycles. The summed E-state index contributed by atoms with van der Waals surface area (Å²) < 4.78 is 44.4. The van der Waals surface area contributed by atoms with Crippen molar-refractivity contribution in [3.63, 3.8) is 0 Å². The Labute approximate surface area is 192 Å². The number of hydrogen-bond acceptors (Lipinski definition) is 6. The van der Waals surface area contributed by atoms with Gasteiger partial charge in [-0.15, -0.1) is 0 Å². The summed E-state index contributed by atoms with van der Waals surface area (Å²) in [7, 11) is 0. The number of nitrogens with zero attached hydrogens (tertiary/aromatic N) is 2. The van der Waals surface area contributed by atoms with Crippen LogP contribution in [-0.4, -0.2) is 35.7 Å². The summed E-state index contributed by atoms with van der Waals surface area (Å²) in [6.45, 7) is -0.218. The third kappa shape index (κ3) is 6.43. The van der Waals surface area contributed by atoms with E-state index in [1.165, 1.54) is 0 Å². The lowest BCUT2D eigenvalue weighted by atomic mass is 10.1. The number of nitrogens with two attached hydrogens (primary N) is 1. The summed E-state index contributed by atoms with van der Waals surface area (Å²) in [5.41, 5.74) is 7.60. The molecule has 2 amide bonds. The molecule has 11 heteroatoms. The monoisotopic (exact) mass is 471 g/mol. The van der Waals surface area contributed by atoms with Crippen LogP contribution in [0.25, 0.3) is 22.6 Å². The minimum Gasteiger partial charge on any atom is -0.370 e. The Balaban J connectivity index is 1.69. The van der Waals surface area contributed by atoms with Gasteiger partial charge in [0.15, 0.2) is 5.76 Å². The van der Waals surface area contributed by atoms with Crippen LogP contribution in [0.5, 0.6) is 0 Å². The molecule has 176 valence electrons. The van der Waals surface area contributed by atoms with Gasteiger partial charge in [-0.3, -0.25) is 9.59 Å².